The molecule has 0 unspecified atom stereocenters. The second-order valence-corrected chi connectivity index (χ2v) is 7.01. The first-order chi connectivity index (χ1) is 12.7. The molecule has 3 rings (SSSR count). The number of fused-ring (bicyclic) bond motifs is 3. The monoisotopic (exact) mass is 354 g/mol. The van der Waals surface area contributed by atoms with Gasteiger partial charge in [0, 0.05) is 5.39 Å². The highest BCUT2D eigenvalue weighted by molar-refractivity contribution is 6.05. The third-order valence-electron chi connectivity index (χ3n) is 5.06. The van der Waals surface area contributed by atoms with Gasteiger partial charge in [0.05, 0.1) is 24.0 Å². The van der Waals surface area contributed by atoms with Crippen molar-refractivity contribution < 1.29 is 14.4 Å². The summed E-state index contributed by atoms with van der Waals surface area (Å²) in [7, 11) is 0. The van der Waals surface area contributed by atoms with Gasteiger partial charge in [0.25, 0.3) is 0 Å². The lowest BCUT2D eigenvalue weighted by atomic mass is 10.0. The Morgan fingerprint density at radius 3 is 2.23 bits per heavy atom. The molecule has 0 fully saturated rings. The number of quaternary nitrogens is 1. The number of phenolic OH excluding ortho intramolecular Hbond substituents is 1. The lowest BCUT2D eigenvalue weighted by Gasteiger charge is -2.20. The molecule has 0 saturated carbocycles. The van der Waals surface area contributed by atoms with Crippen molar-refractivity contribution in [3.63, 3.8) is 0 Å². The largest absolute Gasteiger partial charge is 0.507 e. The highest BCUT2D eigenvalue weighted by Crippen LogP contribution is 2.30. The van der Waals surface area contributed by atoms with Crippen LogP contribution >= 0.6 is 0 Å². The van der Waals surface area contributed by atoms with Crippen LogP contribution in [0.2, 0.25) is 0 Å². The van der Waals surface area contributed by atoms with Crippen molar-refractivity contribution in [3.8, 4) is 5.75 Å². The molecule has 3 aromatic rings. The summed E-state index contributed by atoms with van der Waals surface area (Å²) in [6.45, 7) is 7.18. The number of hydrogen-bond acceptors (Lipinski definition) is 3. The van der Waals surface area contributed by atoms with Gasteiger partial charge in [0.1, 0.15) is 12.3 Å². The molecular formula is C22H28NO3+. The molecule has 4 nitrogen and oxygen atoms in total. The highest BCUT2D eigenvalue weighted by atomic mass is 16.4. The van der Waals surface area contributed by atoms with Crippen molar-refractivity contribution in [2.75, 3.05) is 13.1 Å². The molecule has 0 saturated heterocycles. The Hall–Kier alpha value is -2.33. The van der Waals surface area contributed by atoms with Crippen LogP contribution in [0.1, 0.15) is 45.1 Å². The number of hydrogen-bond donors (Lipinski definition) is 2. The predicted octanol–water partition coefficient (Wildman–Crippen LogP) is 3.64. The zero-order chi connectivity index (χ0) is 18.5. The fraction of sp³-hybridized carbons (Fsp3) is 0.409. The Balaban J connectivity index is 2.09. The van der Waals surface area contributed by atoms with E-state index in [0.717, 1.165) is 55.1 Å². The highest BCUT2D eigenvalue weighted by Gasteiger charge is 2.19. The van der Waals surface area contributed by atoms with E-state index in [2.05, 4.69) is 13.8 Å². The van der Waals surface area contributed by atoms with Crippen LogP contribution in [0.4, 0.5) is 0 Å². The van der Waals surface area contributed by atoms with Crippen LogP contribution < -0.4 is 10.5 Å². The number of benzene rings is 2. The minimum atomic E-state index is -0.344. The van der Waals surface area contributed by atoms with Crippen LogP contribution in [0.5, 0.6) is 5.75 Å². The van der Waals surface area contributed by atoms with E-state index in [0.29, 0.717) is 17.5 Å². The van der Waals surface area contributed by atoms with Crippen molar-refractivity contribution >= 4 is 21.7 Å². The van der Waals surface area contributed by atoms with Crippen molar-refractivity contribution in [3.05, 3.63) is 52.4 Å². The maximum absolute atomic E-state index is 12.4. The Morgan fingerprint density at radius 1 is 0.923 bits per heavy atom. The van der Waals surface area contributed by atoms with Gasteiger partial charge in [-0.15, -0.1) is 0 Å². The quantitative estimate of drug-likeness (QED) is 0.480. The summed E-state index contributed by atoms with van der Waals surface area (Å²) in [5.74, 6) is 0.210. The number of rotatable bonds is 8. The second kappa shape index (κ2) is 8.37. The summed E-state index contributed by atoms with van der Waals surface area (Å²) in [6, 6.07) is 11.1. The minimum absolute atomic E-state index is 0.210. The number of aromatic hydroxyl groups is 1. The molecule has 0 spiro atoms. The summed E-state index contributed by atoms with van der Waals surface area (Å²) >= 11 is 0. The van der Waals surface area contributed by atoms with Gasteiger partial charge in [-0.25, -0.2) is 4.79 Å². The van der Waals surface area contributed by atoms with Gasteiger partial charge < -0.3 is 14.4 Å². The van der Waals surface area contributed by atoms with Crippen molar-refractivity contribution in [1.29, 1.82) is 0 Å². The SMILES string of the molecule is CCCC[NH+](CCCC)Cc1c(O)ccc2c1oc(=O)c1ccccc12. The maximum atomic E-state index is 12.4. The molecule has 0 radical (unpaired) electrons. The minimum Gasteiger partial charge on any atom is -0.507 e. The van der Waals surface area contributed by atoms with Crippen LogP contribution in [0.3, 0.4) is 0 Å². The summed E-state index contributed by atoms with van der Waals surface area (Å²) in [6.07, 6.45) is 4.60. The van der Waals surface area contributed by atoms with E-state index in [1.807, 2.05) is 24.3 Å². The summed E-state index contributed by atoms with van der Waals surface area (Å²) in [4.78, 5) is 13.9. The fourth-order valence-corrected chi connectivity index (χ4v) is 3.57. The molecule has 0 aliphatic heterocycles. The molecule has 2 aromatic carbocycles. The molecule has 138 valence electrons. The van der Waals surface area contributed by atoms with Gasteiger partial charge in [-0.05, 0) is 36.4 Å². The van der Waals surface area contributed by atoms with Crippen LogP contribution in [-0.4, -0.2) is 18.2 Å². The Bertz CT molecular complexity index is 937. The van der Waals surface area contributed by atoms with Crippen molar-refractivity contribution in [1.82, 2.24) is 0 Å². The van der Waals surface area contributed by atoms with E-state index in [9.17, 15) is 9.90 Å². The second-order valence-electron chi connectivity index (χ2n) is 7.01. The van der Waals surface area contributed by atoms with Crippen LogP contribution in [0.25, 0.3) is 21.7 Å². The molecule has 2 N–H and O–H groups in total. The van der Waals surface area contributed by atoms with Gasteiger partial charge in [-0.1, -0.05) is 44.9 Å². The first kappa shape index (κ1) is 18.5. The smallest absolute Gasteiger partial charge is 0.344 e. The molecule has 0 aliphatic rings. The summed E-state index contributed by atoms with van der Waals surface area (Å²) < 4.78 is 5.67. The van der Waals surface area contributed by atoms with Crippen molar-refractivity contribution in [2.45, 2.75) is 46.1 Å². The van der Waals surface area contributed by atoms with E-state index in [1.165, 1.54) is 4.90 Å². The maximum Gasteiger partial charge on any atom is 0.344 e. The predicted molar refractivity (Wildman–Crippen MR) is 106 cm³/mol. The Kier molecular flexibility index (Phi) is 5.94. The molecular weight excluding hydrogens is 326 g/mol. The van der Waals surface area contributed by atoms with Gasteiger partial charge in [0.2, 0.25) is 0 Å². The first-order valence-electron chi connectivity index (χ1n) is 9.65. The van der Waals surface area contributed by atoms with Crippen LogP contribution in [-0.2, 0) is 6.54 Å². The Labute approximate surface area is 154 Å². The zero-order valence-corrected chi connectivity index (χ0v) is 15.7. The van der Waals surface area contributed by atoms with Gasteiger partial charge in [-0.2, -0.15) is 0 Å². The molecule has 0 aliphatic carbocycles. The van der Waals surface area contributed by atoms with E-state index in [1.54, 1.807) is 12.1 Å². The lowest BCUT2D eigenvalue weighted by Crippen LogP contribution is -3.10. The average molecular weight is 354 g/mol. The third kappa shape index (κ3) is 3.75. The topological polar surface area (TPSA) is 54.9 Å². The normalized spacial score (nSPS) is 11.7. The van der Waals surface area contributed by atoms with E-state index in [4.69, 9.17) is 4.42 Å². The van der Waals surface area contributed by atoms with Crippen LogP contribution in [0.15, 0.2) is 45.6 Å². The molecule has 0 amide bonds. The van der Waals surface area contributed by atoms with E-state index < -0.39 is 0 Å². The van der Waals surface area contributed by atoms with E-state index >= 15 is 0 Å². The average Bonchev–Trinajstić information content (AvgIpc) is 2.66. The molecule has 0 bridgehead atoms. The molecule has 1 heterocycles. The molecule has 4 heteroatoms. The Morgan fingerprint density at radius 2 is 1.58 bits per heavy atom. The standard InChI is InChI=1S/C22H27NO3/c1-3-5-13-23(14-6-4-2)15-19-20(24)12-11-17-16-9-7-8-10-18(16)22(25)26-21(17)19/h7-12,24H,3-6,13-15H2,1-2H3/p+1. The molecule has 26 heavy (non-hydrogen) atoms. The molecule has 1 aromatic heterocycles. The van der Waals surface area contributed by atoms with Gasteiger partial charge in [0.15, 0.2) is 5.58 Å². The van der Waals surface area contributed by atoms with Gasteiger partial charge in [-0.3, -0.25) is 0 Å². The van der Waals surface area contributed by atoms with Crippen molar-refractivity contribution in [2.24, 2.45) is 0 Å². The summed E-state index contributed by atoms with van der Waals surface area (Å²) in [5.41, 5.74) is 0.926. The fourth-order valence-electron chi connectivity index (χ4n) is 3.57. The first-order valence-corrected chi connectivity index (χ1v) is 9.65. The zero-order valence-electron chi connectivity index (χ0n) is 15.7. The molecule has 0 atom stereocenters. The lowest BCUT2D eigenvalue weighted by molar-refractivity contribution is -0.914. The number of nitrogens with one attached hydrogen (secondary N) is 1. The number of unbranched alkanes of at least 4 members (excludes halogenated alkanes) is 2. The van der Waals surface area contributed by atoms with E-state index in [-0.39, 0.29) is 11.4 Å². The van der Waals surface area contributed by atoms with Gasteiger partial charge >= 0.3 is 5.63 Å². The third-order valence-corrected chi connectivity index (χ3v) is 5.06. The van der Waals surface area contributed by atoms with Crippen LogP contribution in [0, 0.1) is 0 Å². The number of phenols is 1. The summed E-state index contributed by atoms with van der Waals surface area (Å²) in [5, 5.41) is 12.8.